The molecule has 29 heavy (non-hydrogen) atoms. The highest BCUT2D eigenvalue weighted by molar-refractivity contribution is 5.83. The van der Waals surface area contributed by atoms with Crippen molar-refractivity contribution in [3.8, 4) is 0 Å². The highest BCUT2D eigenvalue weighted by Gasteiger charge is 2.47. The van der Waals surface area contributed by atoms with Gasteiger partial charge in [0.2, 0.25) is 17.8 Å². The summed E-state index contributed by atoms with van der Waals surface area (Å²) in [6, 6.07) is 10.5. The summed E-state index contributed by atoms with van der Waals surface area (Å²) in [5, 5.41) is 5.63. The zero-order chi connectivity index (χ0) is 20.6. The van der Waals surface area contributed by atoms with E-state index in [0.29, 0.717) is 5.56 Å². The fourth-order valence-electron chi connectivity index (χ4n) is 3.91. The number of alkyl halides is 3. The lowest BCUT2D eigenvalue weighted by atomic mass is 9.77. The van der Waals surface area contributed by atoms with Crippen molar-refractivity contribution in [2.24, 2.45) is 0 Å². The Kier molecular flexibility index (Phi) is 5.29. The largest absolute Gasteiger partial charge is 0.342 e. The van der Waals surface area contributed by atoms with Gasteiger partial charge in [-0.3, -0.25) is 4.79 Å². The SMILES string of the molecule is O=C(N[C@@H](c1ccccc1)c1ccc(C2CC(F)(F)C2)c(F)n1)[C@@H]1C[C@@H](F)CN1. The van der Waals surface area contributed by atoms with E-state index >= 15 is 0 Å². The Hall–Kier alpha value is -2.48. The number of carbonyl (C=O) groups excluding carboxylic acids is 1. The number of hydrogen-bond donors (Lipinski definition) is 2. The van der Waals surface area contributed by atoms with Gasteiger partial charge in [0.25, 0.3) is 0 Å². The minimum Gasteiger partial charge on any atom is -0.342 e. The highest BCUT2D eigenvalue weighted by Crippen LogP contribution is 2.48. The van der Waals surface area contributed by atoms with E-state index < -0.39 is 42.0 Å². The summed E-state index contributed by atoms with van der Waals surface area (Å²) in [4.78, 5) is 16.6. The maximum atomic E-state index is 14.6. The van der Waals surface area contributed by atoms with Crippen molar-refractivity contribution in [3.05, 3.63) is 65.2 Å². The lowest BCUT2D eigenvalue weighted by Gasteiger charge is -2.35. The van der Waals surface area contributed by atoms with E-state index in [9.17, 15) is 22.4 Å². The van der Waals surface area contributed by atoms with Gasteiger partial charge < -0.3 is 10.6 Å². The molecule has 1 aromatic carbocycles. The van der Waals surface area contributed by atoms with Crippen LogP contribution in [0.3, 0.4) is 0 Å². The molecule has 4 nitrogen and oxygen atoms in total. The molecule has 3 atom stereocenters. The first-order valence-corrected chi connectivity index (χ1v) is 9.59. The summed E-state index contributed by atoms with van der Waals surface area (Å²) in [6.45, 7) is 0.113. The topological polar surface area (TPSA) is 54.0 Å². The second-order valence-electron chi connectivity index (χ2n) is 7.72. The van der Waals surface area contributed by atoms with E-state index in [1.165, 1.54) is 6.07 Å². The van der Waals surface area contributed by atoms with E-state index in [4.69, 9.17) is 0 Å². The maximum absolute atomic E-state index is 14.6. The van der Waals surface area contributed by atoms with Crippen molar-refractivity contribution in [2.75, 3.05) is 6.54 Å². The molecule has 1 amide bonds. The van der Waals surface area contributed by atoms with Gasteiger partial charge in [0, 0.05) is 31.4 Å². The summed E-state index contributed by atoms with van der Waals surface area (Å²) in [6.07, 6.45) is -1.79. The third kappa shape index (κ3) is 4.27. The summed E-state index contributed by atoms with van der Waals surface area (Å²) < 4.78 is 54.3. The van der Waals surface area contributed by atoms with Crippen molar-refractivity contribution >= 4 is 5.91 Å². The lowest BCUT2D eigenvalue weighted by molar-refractivity contribution is -0.123. The number of nitrogens with one attached hydrogen (secondary N) is 2. The molecular formula is C21H21F4N3O. The molecule has 0 spiro atoms. The van der Waals surface area contributed by atoms with Crippen LogP contribution in [0.2, 0.25) is 0 Å². The minimum atomic E-state index is -2.75. The van der Waals surface area contributed by atoms with E-state index in [0.717, 1.165) is 0 Å². The molecule has 1 saturated heterocycles. The first-order chi connectivity index (χ1) is 13.8. The molecule has 4 rings (SSSR count). The van der Waals surface area contributed by atoms with Crippen molar-refractivity contribution < 1.29 is 22.4 Å². The number of aromatic nitrogens is 1. The Morgan fingerprint density at radius 2 is 1.90 bits per heavy atom. The molecule has 1 aliphatic carbocycles. The normalized spacial score (nSPS) is 24.7. The van der Waals surface area contributed by atoms with E-state index in [1.54, 1.807) is 30.3 Å². The van der Waals surface area contributed by atoms with Gasteiger partial charge in [-0.15, -0.1) is 0 Å². The predicted octanol–water partition coefficient (Wildman–Crippen LogP) is 3.64. The molecule has 2 aliphatic rings. The quantitative estimate of drug-likeness (QED) is 0.588. The number of benzene rings is 1. The molecule has 0 unspecified atom stereocenters. The molecule has 8 heteroatoms. The maximum Gasteiger partial charge on any atom is 0.249 e. The molecule has 0 bridgehead atoms. The molecule has 2 N–H and O–H groups in total. The van der Waals surface area contributed by atoms with Crippen LogP contribution >= 0.6 is 0 Å². The zero-order valence-electron chi connectivity index (χ0n) is 15.5. The Balaban J connectivity index is 1.58. The average molecular weight is 407 g/mol. The predicted molar refractivity (Wildman–Crippen MR) is 98.8 cm³/mol. The standard InChI is InChI=1S/C21H21F4N3O/c22-14-8-17(26-11-14)20(29)28-18(12-4-2-1-3-5-12)16-7-6-15(19(23)27-16)13-9-21(24,25)10-13/h1-7,13-14,17-18,26H,8-11H2,(H,28,29)/t14-,17+,18+/m1/s1. The van der Waals surface area contributed by atoms with Gasteiger partial charge in [-0.2, -0.15) is 4.39 Å². The molecule has 2 fully saturated rings. The second kappa shape index (κ2) is 7.74. The monoisotopic (exact) mass is 407 g/mol. The molecular weight excluding hydrogens is 386 g/mol. The number of hydrogen-bond acceptors (Lipinski definition) is 3. The van der Waals surface area contributed by atoms with Crippen LogP contribution in [0.4, 0.5) is 17.6 Å². The number of carbonyl (C=O) groups is 1. The molecule has 1 aromatic heterocycles. The van der Waals surface area contributed by atoms with Crippen LogP contribution in [0, 0.1) is 5.95 Å². The van der Waals surface area contributed by atoms with Crippen LogP contribution in [-0.4, -0.2) is 35.6 Å². The average Bonchev–Trinajstić information content (AvgIpc) is 3.11. The third-order valence-electron chi connectivity index (χ3n) is 5.54. The summed E-state index contributed by atoms with van der Waals surface area (Å²) in [7, 11) is 0. The van der Waals surface area contributed by atoms with E-state index in [1.807, 2.05) is 6.07 Å². The Labute approximate surface area is 165 Å². The summed E-state index contributed by atoms with van der Waals surface area (Å²) in [5.41, 5.74) is 1.10. The van der Waals surface area contributed by atoms with Crippen LogP contribution in [0.1, 0.15) is 48.0 Å². The molecule has 2 heterocycles. The molecule has 2 aromatic rings. The van der Waals surface area contributed by atoms with Gasteiger partial charge >= 0.3 is 0 Å². The lowest BCUT2D eigenvalue weighted by Crippen LogP contribution is -2.42. The highest BCUT2D eigenvalue weighted by atomic mass is 19.3. The van der Waals surface area contributed by atoms with Gasteiger partial charge in [0.1, 0.15) is 6.17 Å². The molecule has 1 aliphatic heterocycles. The first-order valence-electron chi connectivity index (χ1n) is 9.59. The van der Waals surface area contributed by atoms with Gasteiger partial charge in [0.15, 0.2) is 0 Å². The number of rotatable bonds is 5. The third-order valence-corrected chi connectivity index (χ3v) is 5.54. The number of halogens is 4. The van der Waals surface area contributed by atoms with Gasteiger partial charge in [-0.05, 0) is 17.5 Å². The molecule has 154 valence electrons. The van der Waals surface area contributed by atoms with Crippen LogP contribution < -0.4 is 10.6 Å². The van der Waals surface area contributed by atoms with Crippen LogP contribution in [0.15, 0.2) is 42.5 Å². The fraction of sp³-hybridized carbons (Fsp3) is 0.429. The van der Waals surface area contributed by atoms with Crippen LogP contribution in [0.5, 0.6) is 0 Å². The van der Waals surface area contributed by atoms with Crippen LogP contribution in [0.25, 0.3) is 0 Å². The first kappa shape index (κ1) is 19.8. The number of nitrogens with zero attached hydrogens (tertiary/aromatic N) is 1. The minimum absolute atomic E-state index is 0.0734. The van der Waals surface area contributed by atoms with Crippen molar-refractivity contribution in [2.45, 2.75) is 49.4 Å². The number of amides is 1. The molecule has 1 saturated carbocycles. The van der Waals surface area contributed by atoms with Gasteiger partial charge in [-0.25, -0.2) is 18.2 Å². The van der Waals surface area contributed by atoms with Crippen molar-refractivity contribution in [3.63, 3.8) is 0 Å². The Morgan fingerprint density at radius 3 is 2.48 bits per heavy atom. The van der Waals surface area contributed by atoms with Gasteiger partial charge in [0.05, 0.1) is 17.8 Å². The number of pyridine rings is 1. The second-order valence-corrected chi connectivity index (χ2v) is 7.72. The van der Waals surface area contributed by atoms with Crippen molar-refractivity contribution in [1.29, 1.82) is 0 Å². The molecule has 0 radical (unpaired) electrons. The zero-order valence-corrected chi connectivity index (χ0v) is 15.5. The summed E-state index contributed by atoms with van der Waals surface area (Å²) >= 11 is 0. The van der Waals surface area contributed by atoms with Gasteiger partial charge in [-0.1, -0.05) is 36.4 Å². The Bertz CT molecular complexity index is 885. The van der Waals surface area contributed by atoms with E-state index in [2.05, 4.69) is 15.6 Å². The van der Waals surface area contributed by atoms with Crippen LogP contribution in [-0.2, 0) is 4.79 Å². The van der Waals surface area contributed by atoms with Crippen molar-refractivity contribution in [1.82, 2.24) is 15.6 Å². The van der Waals surface area contributed by atoms with E-state index in [-0.39, 0.29) is 37.1 Å². The fourth-order valence-corrected chi connectivity index (χ4v) is 3.91. The smallest absolute Gasteiger partial charge is 0.249 e. The Morgan fingerprint density at radius 1 is 1.17 bits per heavy atom. The summed E-state index contributed by atoms with van der Waals surface area (Å²) in [5.74, 6) is -4.51.